The maximum atomic E-state index is 13.6. The minimum Gasteiger partial charge on any atom is -0.389 e. The van der Waals surface area contributed by atoms with Gasteiger partial charge in [-0.15, -0.1) is 19.7 Å². The number of hydrogen-bond donors (Lipinski definition) is 6. The first-order valence-electron chi connectivity index (χ1n) is 32.0. The molecule has 6 N–H and O–H groups in total. The van der Waals surface area contributed by atoms with Crippen LogP contribution in [-0.2, 0) is 58.5 Å². The van der Waals surface area contributed by atoms with Gasteiger partial charge in [-0.1, -0.05) is 18.2 Å². The number of urea groups is 3. The van der Waals surface area contributed by atoms with Gasteiger partial charge in [-0.2, -0.15) is 15.3 Å². The van der Waals surface area contributed by atoms with Crippen molar-refractivity contribution < 1.29 is 57.3 Å². The van der Waals surface area contributed by atoms with Crippen LogP contribution in [0.1, 0.15) is 97.1 Å². The smallest absolute Gasteiger partial charge is 0.322 e. The summed E-state index contributed by atoms with van der Waals surface area (Å²) in [5.41, 5.74) is 7.92. The molecule has 512 valence electrons. The third-order valence-corrected chi connectivity index (χ3v) is 18.9. The van der Waals surface area contributed by atoms with Crippen molar-refractivity contribution in [3.63, 3.8) is 0 Å². The third kappa shape index (κ3) is 14.4. The number of nitrogens with zero attached hydrogens (tertiary/aromatic N) is 13. The Kier molecular flexibility index (Phi) is 20.6. The third-order valence-electron chi connectivity index (χ3n) is 18.9. The predicted molar refractivity (Wildman–Crippen MR) is 355 cm³/mol. The highest BCUT2D eigenvalue weighted by Crippen LogP contribution is 2.35. The molecule has 0 aliphatic carbocycles. The molecule has 0 saturated heterocycles. The first-order valence-corrected chi connectivity index (χ1v) is 32.0. The Morgan fingerprint density at radius 1 is 0.515 bits per heavy atom. The number of aromatic nitrogens is 6. The van der Waals surface area contributed by atoms with E-state index in [4.69, 9.17) is 6.57 Å². The minimum atomic E-state index is -0.773. The Labute approximate surface area is 559 Å². The van der Waals surface area contributed by atoms with Crippen molar-refractivity contribution >= 4 is 58.6 Å². The van der Waals surface area contributed by atoms with E-state index in [9.17, 15) is 57.3 Å². The Morgan fingerprint density at radius 2 is 0.804 bits per heavy atom. The summed E-state index contributed by atoms with van der Waals surface area (Å²) in [5, 5.41) is 53.3. The summed E-state index contributed by atoms with van der Waals surface area (Å²) in [5.74, 6) is -2.56. The highest BCUT2D eigenvalue weighted by Gasteiger charge is 2.42. The molecule has 6 aliphatic heterocycles. The van der Waals surface area contributed by atoms with Crippen molar-refractivity contribution in [3.8, 4) is 0 Å². The molecule has 9 atom stereocenters. The monoisotopic (exact) mass is 1330 g/mol. The summed E-state index contributed by atoms with van der Waals surface area (Å²) in [4.78, 5) is 91.3. The van der Waals surface area contributed by atoms with Crippen LogP contribution in [0.3, 0.4) is 0 Å². The van der Waals surface area contributed by atoms with Crippen LogP contribution in [-0.4, -0.2) is 187 Å². The van der Waals surface area contributed by atoms with Gasteiger partial charge >= 0.3 is 18.1 Å². The number of anilines is 3. The fraction of sp³-hybridized carbons (Fsp3) is 0.420. The van der Waals surface area contributed by atoms with Gasteiger partial charge in [0.2, 0.25) is 5.69 Å². The Bertz CT molecular complexity index is 3990. The number of hydrogen-bond acceptors (Lipinski definition) is 12. The van der Waals surface area contributed by atoms with Crippen LogP contribution in [0.25, 0.3) is 4.85 Å². The van der Waals surface area contributed by atoms with Crippen molar-refractivity contribution in [2.45, 2.75) is 130 Å². The summed E-state index contributed by atoms with van der Waals surface area (Å²) < 4.78 is 45.7. The SMILES string of the molecule is C=C[C@@H](O)[C@H]1CN(C)C(=O)c2c3c(nn2C1)C[C@@H](C)N(C(=O)Nc1ccc(F)c(C)c1)C3.C=C[C@H](O)[C@H]1CN(C)C(=O)c2c3c(nn2C1)C[C@@H](C)N(C(=O)Nc1ccc(F)c(C)c1)C3.[C-]#[N+]c1cc(NC(=O)N2Cc3c(nn4c3C(=O)N(C)C[C@H]([C@H](O)C=C)C4)C[C@H]2C)ccc1F. The first-order chi connectivity index (χ1) is 46.1. The Balaban J connectivity index is 0.000000158. The molecule has 6 aliphatic rings. The van der Waals surface area contributed by atoms with E-state index in [1.165, 1.54) is 54.6 Å². The van der Waals surface area contributed by atoms with Crippen LogP contribution in [0.2, 0.25) is 0 Å². The van der Waals surface area contributed by atoms with E-state index in [1.807, 2.05) is 20.8 Å². The average Bonchev–Trinajstić information content (AvgIpc) is 1.63. The lowest BCUT2D eigenvalue weighted by atomic mass is 9.99. The number of aryl methyl sites for hydroxylation is 2. The van der Waals surface area contributed by atoms with Crippen molar-refractivity contribution in [2.75, 3.05) is 56.7 Å². The Hall–Kier alpha value is -10.1. The van der Waals surface area contributed by atoms with Crippen LogP contribution < -0.4 is 16.0 Å². The van der Waals surface area contributed by atoms with Gasteiger partial charge in [0.15, 0.2) is 0 Å². The zero-order valence-electron chi connectivity index (χ0n) is 55.5. The average molecular weight is 1340 g/mol. The van der Waals surface area contributed by atoms with Crippen molar-refractivity contribution in [3.05, 3.63) is 183 Å². The summed E-state index contributed by atoms with van der Waals surface area (Å²) in [6, 6.07) is 11.2. The molecule has 9 heterocycles. The van der Waals surface area contributed by atoms with Crippen molar-refractivity contribution in [1.29, 1.82) is 0 Å². The Morgan fingerprint density at radius 3 is 1.08 bits per heavy atom. The number of aliphatic hydroxyl groups excluding tert-OH is 3. The largest absolute Gasteiger partial charge is 0.389 e. The fourth-order valence-corrected chi connectivity index (χ4v) is 13.3. The van der Waals surface area contributed by atoms with E-state index in [0.29, 0.717) is 109 Å². The molecule has 3 aromatic carbocycles. The van der Waals surface area contributed by atoms with Gasteiger partial charge in [0.1, 0.15) is 34.5 Å². The number of rotatable bonds is 9. The lowest BCUT2D eigenvalue weighted by Gasteiger charge is -2.33. The molecule has 28 heteroatoms. The van der Waals surface area contributed by atoms with Gasteiger partial charge in [0.25, 0.3) is 17.7 Å². The number of aliphatic hydroxyl groups is 3. The minimum absolute atomic E-state index is 0.134. The maximum absolute atomic E-state index is 13.6. The quantitative estimate of drug-likeness (QED) is 0.0595. The number of halogens is 3. The van der Waals surface area contributed by atoms with Crippen LogP contribution >= 0.6 is 0 Å². The number of benzene rings is 3. The fourth-order valence-electron chi connectivity index (χ4n) is 13.3. The van der Waals surface area contributed by atoms with Crippen molar-refractivity contribution in [2.24, 2.45) is 17.8 Å². The van der Waals surface area contributed by atoms with Crippen LogP contribution in [0.15, 0.2) is 92.6 Å². The second-order valence-electron chi connectivity index (χ2n) is 25.9. The van der Waals surface area contributed by atoms with E-state index >= 15 is 0 Å². The van der Waals surface area contributed by atoms with Gasteiger partial charge < -0.3 is 60.7 Å². The number of fused-ring (bicyclic) bond motifs is 9. The molecule has 0 radical (unpaired) electrons. The molecule has 0 bridgehead atoms. The molecule has 3 aromatic heterocycles. The van der Waals surface area contributed by atoms with Crippen LogP contribution in [0.5, 0.6) is 0 Å². The van der Waals surface area contributed by atoms with Gasteiger partial charge in [0, 0.05) is 149 Å². The highest BCUT2D eigenvalue weighted by molar-refractivity contribution is 5.97. The number of carbonyl (C=O) groups is 6. The molecular formula is C69H81F3N16O9. The maximum Gasteiger partial charge on any atom is 0.322 e. The number of amides is 9. The molecule has 0 saturated carbocycles. The predicted octanol–water partition coefficient (Wildman–Crippen LogP) is 7.92. The van der Waals surface area contributed by atoms with Gasteiger partial charge in [-0.25, -0.2) is 32.4 Å². The molecule has 9 amide bonds. The first kappa shape index (κ1) is 69.7. The van der Waals surface area contributed by atoms with Gasteiger partial charge in [-0.3, -0.25) is 28.4 Å². The van der Waals surface area contributed by atoms with E-state index in [1.54, 1.807) is 90.6 Å². The zero-order valence-corrected chi connectivity index (χ0v) is 55.5. The summed E-state index contributed by atoms with van der Waals surface area (Å²) in [6.07, 6.45) is 3.62. The van der Waals surface area contributed by atoms with Gasteiger partial charge in [-0.05, 0) is 100 Å². The van der Waals surface area contributed by atoms with E-state index in [-0.39, 0.29) is 103 Å². The zero-order chi connectivity index (χ0) is 70.2. The number of carbonyl (C=O) groups excluding carboxylic acids is 6. The standard InChI is InChI=1S/C23H25FN6O3.2C23H28FN5O3/c1-5-20(31)14-10-28(4)22(32)21-16-12-29(13(2)8-18(16)27-30(21)11-14)23(33)26-15-6-7-17(24)19(9-15)25-3;2*1-5-20(30)15-10-27(4)22(31)21-17-12-28(14(3)9-19(17)26-29(21)11-15)23(32)25-16-6-7-18(24)13(2)8-16/h5-7,9,13-14,20,31H,1,8,10-12H2,2,4H3,(H,26,33);2*5-8,14-15,20,30H,1,9-12H2,2-4H3,(H,25,32)/t13-,14+,20-;14-,15+,20+;14-,15+,20-/m111/s1. The lowest BCUT2D eigenvalue weighted by molar-refractivity contribution is 0.0716. The summed E-state index contributed by atoms with van der Waals surface area (Å²) in [6.45, 7) is 30.0. The summed E-state index contributed by atoms with van der Waals surface area (Å²) in [7, 11) is 5.08. The molecular weight excluding hydrogens is 1250 g/mol. The molecule has 97 heavy (non-hydrogen) atoms. The second-order valence-corrected chi connectivity index (χ2v) is 25.9. The van der Waals surface area contributed by atoms with Gasteiger partial charge in [0.05, 0.1) is 61.6 Å². The van der Waals surface area contributed by atoms with Crippen molar-refractivity contribution in [1.82, 2.24) is 58.7 Å². The van der Waals surface area contributed by atoms with Crippen LogP contribution in [0.4, 0.5) is 50.3 Å². The van der Waals surface area contributed by atoms with E-state index < -0.39 is 30.2 Å². The normalized spacial score (nSPS) is 21.3. The molecule has 12 rings (SSSR count). The lowest BCUT2D eigenvalue weighted by Crippen LogP contribution is -2.45. The molecule has 0 unspecified atom stereocenters. The topological polar surface area (TPSA) is 276 Å². The molecule has 25 nitrogen and oxygen atoms in total. The van der Waals surface area contributed by atoms with Crippen LogP contribution in [0, 0.1) is 55.6 Å². The van der Waals surface area contributed by atoms with E-state index in [0.717, 1.165) is 34.3 Å². The molecule has 6 aromatic rings. The second kappa shape index (κ2) is 28.7. The highest BCUT2D eigenvalue weighted by atomic mass is 19.1. The summed E-state index contributed by atoms with van der Waals surface area (Å²) >= 11 is 0. The number of nitrogens with one attached hydrogen (secondary N) is 3. The molecule has 0 fully saturated rings. The van der Waals surface area contributed by atoms with E-state index in [2.05, 4.69) is 55.8 Å². The molecule has 0 spiro atoms.